The number of hydrogen-bond acceptors (Lipinski definition) is 4. The van der Waals surface area contributed by atoms with Gasteiger partial charge in [-0.3, -0.25) is 0 Å². The zero-order valence-corrected chi connectivity index (χ0v) is 13.1. The highest BCUT2D eigenvalue weighted by molar-refractivity contribution is 5.52. The summed E-state index contributed by atoms with van der Waals surface area (Å²) in [5.74, 6) is 1.66. The van der Waals surface area contributed by atoms with Crippen LogP contribution < -0.4 is 5.32 Å². The lowest BCUT2D eigenvalue weighted by Crippen LogP contribution is -2.24. The summed E-state index contributed by atoms with van der Waals surface area (Å²) in [6, 6.07) is 14.5. The Morgan fingerprint density at radius 2 is 1.91 bits per heavy atom. The highest BCUT2D eigenvalue weighted by Crippen LogP contribution is 2.41. The van der Waals surface area contributed by atoms with E-state index in [-0.39, 0.29) is 5.54 Å². The second-order valence-corrected chi connectivity index (χ2v) is 6.23. The molecule has 0 amide bonds. The van der Waals surface area contributed by atoms with Crippen LogP contribution in [0, 0.1) is 0 Å². The van der Waals surface area contributed by atoms with E-state index in [2.05, 4.69) is 50.8 Å². The lowest BCUT2D eigenvalue weighted by Gasteiger charge is -2.18. The summed E-state index contributed by atoms with van der Waals surface area (Å²) in [6.45, 7) is 0. The summed E-state index contributed by atoms with van der Waals surface area (Å²) in [4.78, 5) is 4.30. The summed E-state index contributed by atoms with van der Waals surface area (Å²) in [7, 11) is 1.95. The molecule has 0 aliphatic heterocycles. The Morgan fingerprint density at radius 1 is 1.09 bits per heavy atom. The number of aromatic nitrogens is 4. The van der Waals surface area contributed by atoms with Gasteiger partial charge in [0.25, 0.3) is 0 Å². The third kappa shape index (κ3) is 2.95. The van der Waals surface area contributed by atoms with Crippen molar-refractivity contribution in [2.75, 3.05) is 5.32 Å². The Kier molecular flexibility index (Phi) is 3.33. The summed E-state index contributed by atoms with van der Waals surface area (Å²) in [5, 5.41) is 12.2. The molecule has 23 heavy (non-hydrogen) atoms. The molecular formula is C18H19N5. The van der Waals surface area contributed by atoms with Crippen LogP contribution in [0.15, 0.2) is 54.9 Å². The largest absolute Gasteiger partial charge is 0.363 e. The van der Waals surface area contributed by atoms with Crippen molar-refractivity contribution in [1.29, 1.82) is 0 Å². The van der Waals surface area contributed by atoms with Crippen LogP contribution in [-0.2, 0) is 13.5 Å². The standard InChI is InChI=1S/C18H19N5/c1-23-12-11-19-17(23)15-7-8-16(22-21-15)20-18(9-10-18)13-14-5-3-2-4-6-14/h2-8,11-12H,9-10,13H2,1H3,(H,20,22). The lowest BCUT2D eigenvalue weighted by molar-refractivity contribution is 0.717. The number of nitrogens with zero attached hydrogens (tertiary/aromatic N) is 4. The van der Waals surface area contributed by atoms with E-state index in [1.54, 1.807) is 6.20 Å². The minimum atomic E-state index is 0.140. The number of nitrogens with one attached hydrogen (secondary N) is 1. The first-order valence-electron chi connectivity index (χ1n) is 7.88. The molecule has 1 aliphatic carbocycles. The molecule has 2 heterocycles. The van der Waals surface area contributed by atoms with Gasteiger partial charge in [0.2, 0.25) is 0 Å². The lowest BCUT2D eigenvalue weighted by atomic mass is 10.0. The molecule has 0 saturated heterocycles. The Bertz CT molecular complexity index is 788. The predicted octanol–water partition coefficient (Wildman–Crippen LogP) is 3.06. The first kappa shape index (κ1) is 13.9. The van der Waals surface area contributed by atoms with Crippen molar-refractivity contribution in [1.82, 2.24) is 19.7 Å². The molecule has 3 aromatic rings. The first-order chi connectivity index (χ1) is 11.2. The van der Waals surface area contributed by atoms with E-state index in [0.29, 0.717) is 0 Å². The monoisotopic (exact) mass is 305 g/mol. The summed E-state index contributed by atoms with van der Waals surface area (Å²) >= 11 is 0. The van der Waals surface area contributed by atoms with Crippen LogP contribution in [0.3, 0.4) is 0 Å². The van der Waals surface area contributed by atoms with Gasteiger partial charge >= 0.3 is 0 Å². The number of benzene rings is 1. The third-order valence-electron chi connectivity index (χ3n) is 4.35. The Hall–Kier alpha value is -2.69. The molecule has 5 heteroatoms. The molecule has 5 nitrogen and oxygen atoms in total. The fourth-order valence-corrected chi connectivity index (χ4v) is 2.89. The molecule has 4 rings (SSSR count). The average Bonchev–Trinajstić information content (AvgIpc) is 3.18. The SMILES string of the molecule is Cn1ccnc1-c1ccc(NC2(Cc3ccccc3)CC2)nn1. The van der Waals surface area contributed by atoms with E-state index >= 15 is 0 Å². The maximum absolute atomic E-state index is 4.33. The Balaban J connectivity index is 1.48. The number of rotatable bonds is 5. The van der Waals surface area contributed by atoms with Crippen molar-refractivity contribution >= 4 is 5.82 Å². The molecule has 0 bridgehead atoms. The van der Waals surface area contributed by atoms with Crippen molar-refractivity contribution in [3.8, 4) is 11.5 Å². The Morgan fingerprint density at radius 3 is 2.52 bits per heavy atom. The number of anilines is 1. The molecule has 1 N–H and O–H groups in total. The average molecular weight is 305 g/mol. The molecule has 0 spiro atoms. The van der Waals surface area contributed by atoms with Crippen molar-refractivity contribution in [2.24, 2.45) is 7.05 Å². The zero-order chi connectivity index (χ0) is 15.7. The van der Waals surface area contributed by atoms with Crippen LogP contribution in [0.1, 0.15) is 18.4 Å². The molecular weight excluding hydrogens is 286 g/mol. The van der Waals surface area contributed by atoms with Gasteiger partial charge in [-0.05, 0) is 37.0 Å². The highest BCUT2D eigenvalue weighted by atomic mass is 15.2. The van der Waals surface area contributed by atoms with Crippen LogP contribution in [0.25, 0.3) is 11.5 Å². The van der Waals surface area contributed by atoms with E-state index in [1.807, 2.05) is 29.9 Å². The normalized spacial score (nSPS) is 15.3. The van der Waals surface area contributed by atoms with Gasteiger partial charge in [0.1, 0.15) is 11.5 Å². The van der Waals surface area contributed by atoms with Crippen molar-refractivity contribution in [2.45, 2.75) is 24.8 Å². The van der Waals surface area contributed by atoms with Crippen LogP contribution >= 0.6 is 0 Å². The van der Waals surface area contributed by atoms with Crippen LogP contribution in [0.4, 0.5) is 5.82 Å². The van der Waals surface area contributed by atoms with Gasteiger partial charge in [-0.25, -0.2) is 4.98 Å². The molecule has 1 fully saturated rings. The molecule has 0 radical (unpaired) electrons. The van der Waals surface area contributed by atoms with E-state index in [0.717, 1.165) is 23.8 Å². The second kappa shape index (κ2) is 5.50. The smallest absolute Gasteiger partial charge is 0.160 e. The van der Waals surface area contributed by atoms with E-state index < -0.39 is 0 Å². The molecule has 116 valence electrons. The fraction of sp³-hybridized carbons (Fsp3) is 0.278. The van der Waals surface area contributed by atoms with Crippen LogP contribution in [0.2, 0.25) is 0 Å². The maximum atomic E-state index is 4.33. The molecule has 1 aromatic carbocycles. The maximum Gasteiger partial charge on any atom is 0.160 e. The van der Waals surface area contributed by atoms with Crippen molar-refractivity contribution in [3.63, 3.8) is 0 Å². The van der Waals surface area contributed by atoms with Crippen molar-refractivity contribution in [3.05, 3.63) is 60.4 Å². The first-order valence-corrected chi connectivity index (χ1v) is 7.88. The topological polar surface area (TPSA) is 55.6 Å². The van der Waals surface area contributed by atoms with Crippen LogP contribution in [-0.4, -0.2) is 25.3 Å². The third-order valence-corrected chi connectivity index (χ3v) is 4.35. The van der Waals surface area contributed by atoms with Crippen molar-refractivity contribution < 1.29 is 0 Å². The fourth-order valence-electron chi connectivity index (χ4n) is 2.89. The second-order valence-electron chi connectivity index (χ2n) is 6.23. The highest BCUT2D eigenvalue weighted by Gasteiger charge is 2.42. The van der Waals surface area contributed by atoms with Gasteiger partial charge < -0.3 is 9.88 Å². The van der Waals surface area contributed by atoms with Gasteiger partial charge in [0.05, 0.1) is 0 Å². The number of hydrogen-bond donors (Lipinski definition) is 1. The molecule has 0 atom stereocenters. The molecule has 2 aromatic heterocycles. The quantitative estimate of drug-likeness (QED) is 0.787. The van der Waals surface area contributed by atoms with E-state index in [9.17, 15) is 0 Å². The summed E-state index contributed by atoms with van der Waals surface area (Å²) in [6.07, 6.45) is 7.04. The van der Waals surface area contributed by atoms with Gasteiger partial charge in [0.15, 0.2) is 5.82 Å². The number of imidazole rings is 1. The molecule has 1 aliphatic rings. The molecule has 0 unspecified atom stereocenters. The summed E-state index contributed by atoms with van der Waals surface area (Å²) in [5.41, 5.74) is 2.28. The minimum Gasteiger partial charge on any atom is -0.363 e. The van der Waals surface area contributed by atoms with Gasteiger partial charge in [0, 0.05) is 25.0 Å². The summed E-state index contributed by atoms with van der Waals surface area (Å²) < 4.78 is 1.94. The van der Waals surface area contributed by atoms with E-state index in [4.69, 9.17) is 0 Å². The number of aryl methyl sites for hydroxylation is 1. The minimum absolute atomic E-state index is 0.140. The van der Waals surface area contributed by atoms with Gasteiger partial charge in [-0.15, -0.1) is 10.2 Å². The predicted molar refractivity (Wildman–Crippen MR) is 90.0 cm³/mol. The Labute approximate surface area is 135 Å². The van der Waals surface area contributed by atoms with Gasteiger partial charge in [-0.2, -0.15) is 0 Å². The zero-order valence-electron chi connectivity index (χ0n) is 13.1. The van der Waals surface area contributed by atoms with Gasteiger partial charge in [-0.1, -0.05) is 30.3 Å². The van der Waals surface area contributed by atoms with E-state index in [1.165, 1.54) is 18.4 Å². The van der Waals surface area contributed by atoms with Crippen LogP contribution in [0.5, 0.6) is 0 Å². The molecule has 1 saturated carbocycles.